The number of nitrogens with zero attached hydrogens (tertiary/aromatic N) is 2. The molecular weight excluding hydrogens is 160 g/mol. The molecular formula is C6H10N4O2. The quantitative estimate of drug-likeness (QED) is 0.467. The minimum absolute atomic E-state index is 0.290. The third-order valence-corrected chi connectivity index (χ3v) is 1.52. The molecule has 0 aromatic carbocycles. The van der Waals surface area contributed by atoms with Crippen molar-refractivity contribution in [2.45, 2.75) is 0 Å². The summed E-state index contributed by atoms with van der Waals surface area (Å²) in [4.78, 5) is 21.5. The van der Waals surface area contributed by atoms with Crippen molar-refractivity contribution in [3.8, 4) is 0 Å². The summed E-state index contributed by atoms with van der Waals surface area (Å²) in [7, 11) is 0. The number of nitrogens with two attached hydrogens (primary N) is 2. The van der Waals surface area contributed by atoms with Gasteiger partial charge in [-0.3, -0.25) is 0 Å². The number of primary amides is 2. The van der Waals surface area contributed by atoms with Crippen molar-refractivity contribution in [2.75, 3.05) is 13.1 Å². The molecule has 1 aliphatic heterocycles. The van der Waals surface area contributed by atoms with E-state index in [9.17, 15) is 9.59 Å². The number of hydrogen-bond acceptors (Lipinski definition) is 2. The minimum Gasteiger partial charge on any atom is -0.350 e. The van der Waals surface area contributed by atoms with Crippen molar-refractivity contribution >= 4 is 12.1 Å². The van der Waals surface area contributed by atoms with Crippen molar-refractivity contribution in [3.63, 3.8) is 0 Å². The maximum Gasteiger partial charge on any atom is 0.334 e. The smallest absolute Gasteiger partial charge is 0.334 e. The van der Waals surface area contributed by atoms with Gasteiger partial charge >= 0.3 is 12.1 Å². The molecule has 0 spiro atoms. The van der Waals surface area contributed by atoms with Crippen LogP contribution in [0, 0.1) is 0 Å². The van der Waals surface area contributed by atoms with E-state index in [2.05, 4.69) is 0 Å². The van der Waals surface area contributed by atoms with Gasteiger partial charge in [0.2, 0.25) is 0 Å². The summed E-state index contributed by atoms with van der Waals surface area (Å²) in [6.45, 7) is 0.580. The fourth-order valence-electron chi connectivity index (χ4n) is 0.964. The predicted molar refractivity (Wildman–Crippen MR) is 41.7 cm³/mol. The van der Waals surface area contributed by atoms with Gasteiger partial charge in [0.25, 0.3) is 0 Å². The Balaban J connectivity index is 2.76. The minimum atomic E-state index is -0.682. The molecule has 0 atom stereocenters. The monoisotopic (exact) mass is 170 g/mol. The van der Waals surface area contributed by atoms with E-state index < -0.39 is 12.1 Å². The zero-order valence-electron chi connectivity index (χ0n) is 6.43. The molecule has 4 amide bonds. The van der Waals surface area contributed by atoms with E-state index in [0.29, 0.717) is 0 Å². The van der Waals surface area contributed by atoms with Gasteiger partial charge in [-0.15, -0.1) is 0 Å². The molecule has 0 aromatic rings. The standard InChI is InChI=1S/C6H10N4O2/c7-5(11)9-3-1-2-4-10(9)6(8)12/h1-2H,3-4H2,(H2,7,11)(H2,8,12). The second-order valence-electron chi connectivity index (χ2n) is 2.31. The predicted octanol–water partition coefficient (Wildman–Crippen LogP) is -0.767. The van der Waals surface area contributed by atoms with E-state index in [-0.39, 0.29) is 13.1 Å². The van der Waals surface area contributed by atoms with Crippen molar-refractivity contribution in [2.24, 2.45) is 11.5 Å². The molecule has 12 heavy (non-hydrogen) atoms. The number of amides is 4. The zero-order valence-corrected chi connectivity index (χ0v) is 6.43. The van der Waals surface area contributed by atoms with Crippen LogP contribution in [0.15, 0.2) is 12.2 Å². The maximum atomic E-state index is 10.7. The lowest BCUT2D eigenvalue weighted by molar-refractivity contribution is 0.0677. The molecule has 0 aromatic heterocycles. The Morgan fingerprint density at radius 1 is 1.00 bits per heavy atom. The molecule has 0 aliphatic carbocycles. The number of hydrazine groups is 1. The molecule has 1 aliphatic rings. The number of rotatable bonds is 0. The summed E-state index contributed by atoms with van der Waals surface area (Å²) in [5.41, 5.74) is 10.00. The van der Waals surface area contributed by atoms with Crippen molar-refractivity contribution in [1.82, 2.24) is 10.0 Å². The van der Waals surface area contributed by atoms with Crippen LogP contribution >= 0.6 is 0 Å². The van der Waals surface area contributed by atoms with Gasteiger partial charge in [0, 0.05) is 0 Å². The zero-order chi connectivity index (χ0) is 9.14. The highest BCUT2D eigenvalue weighted by Gasteiger charge is 2.22. The molecule has 0 saturated carbocycles. The van der Waals surface area contributed by atoms with Gasteiger partial charge in [0.15, 0.2) is 0 Å². The van der Waals surface area contributed by atoms with E-state index in [4.69, 9.17) is 11.5 Å². The SMILES string of the molecule is NC(=O)N1CC=CCN1C(N)=O. The van der Waals surface area contributed by atoms with Crippen molar-refractivity contribution < 1.29 is 9.59 Å². The molecule has 6 nitrogen and oxygen atoms in total. The van der Waals surface area contributed by atoms with Crippen LogP contribution in [0.4, 0.5) is 9.59 Å². The van der Waals surface area contributed by atoms with E-state index in [1.165, 1.54) is 0 Å². The highest BCUT2D eigenvalue weighted by molar-refractivity contribution is 5.78. The van der Waals surface area contributed by atoms with Gasteiger partial charge in [0.05, 0.1) is 13.1 Å². The lowest BCUT2D eigenvalue weighted by Gasteiger charge is -2.32. The van der Waals surface area contributed by atoms with Crippen molar-refractivity contribution in [1.29, 1.82) is 0 Å². The summed E-state index contributed by atoms with van der Waals surface area (Å²) < 4.78 is 0. The molecule has 0 saturated heterocycles. The van der Waals surface area contributed by atoms with Gasteiger partial charge in [-0.25, -0.2) is 19.6 Å². The van der Waals surface area contributed by atoms with Crippen LogP contribution in [0.25, 0.3) is 0 Å². The lowest BCUT2D eigenvalue weighted by atomic mass is 10.4. The van der Waals surface area contributed by atoms with Gasteiger partial charge < -0.3 is 11.5 Å². The Hall–Kier alpha value is -1.72. The molecule has 66 valence electrons. The van der Waals surface area contributed by atoms with Crippen LogP contribution in [0.2, 0.25) is 0 Å². The number of carbonyl (C=O) groups is 2. The van der Waals surface area contributed by atoms with E-state index in [1.54, 1.807) is 12.2 Å². The topological polar surface area (TPSA) is 92.7 Å². The summed E-state index contributed by atoms with van der Waals surface area (Å²) >= 11 is 0. The summed E-state index contributed by atoms with van der Waals surface area (Å²) in [5.74, 6) is 0. The first-order valence-corrected chi connectivity index (χ1v) is 3.42. The van der Waals surface area contributed by atoms with E-state index >= 15 is 0 Å². The van der Waals surface area contributed by atoms with Gasteiger partial charge in [-0.05, 0) is 0 Å². The average Bonchev–Trinajstić information content (AvgIpc) is 2.04. The van der Waals surface area contributed by atoms with Crippen LogP contribution in [-0.4, -0.2) is 35.2 Å². The molecule has 4 N–H and O–H groups in total. The third-order valence-electron chi connectivity index (χ3n) is 1.52. The fraction of sp³-hybridized carbons (Fsp3) is 0.333. The summed E-state index contributed by atoms with van der Waals surface area (Å²) in [6.07, 6.45) is 3.48. The van der Waals surface area contributed by atoms with Crippen LogP contribution in [-0.2, 0) is 0 Å². The van der Waals surface area contributed by atoms with Gasteiger partial charge in [-0.2, -0.15) is 0 Å². The largest absolute Gasteiger partial charge is 0.350 e. The molecule has 6 heteroatoms. The lowest BCUT2D eigenvalue weighted by Crippen LogP contribution is -2.55. The third kappa shape index (κ3) is 1.47. The highest BCUT2D eigenvalue weighted by atomic mass is 16.2. The van der Waals surface area contributed by atoms with Crippen LogP contribution in [0.5, 0.6) is 0 Å². The number of urea groups is 2. The summed E-state index contributed by atoms with van der Waals surface area (Å²) in [5, 5.41) is 2.17. The van der Waals surface area contributed by atoms with Gasteiger partial charge in [0.1, 0.15) is 0 Å². The number of carbonyl (C=O) groups excluding carboxylic acids is 2. The summed E-state index contributed by atoms with van der Waals surface area (Å²) in [6, 6.07) is -1.36. The normalized spacial score (nSPS) is 16.3. The molecule has 0 unspecified atom stereocenters. The van der Waals surface area contributed by atoms with Gasteiger partial charge in [-0.1, -0.05) is 12.2 Å². The Kier molecular flexibility index (Phi) is 2.18. The molecule has 1 rings (SSSR count). The maximum absolute atomic E-state index is 10.7. The molecule has 0 fully saturated rings. The first-order chi connectivity index (χ1) is 5.63. The highest BCUT2D eigenvalue weighted by Crippen LogP contribution is 2.03. The second kappa shape index (κ2) is 3.12. The molecule has 0 bridgehead atoms. The number of hydrogen-bond donors (Lipinski definition) is 2. The second-order valence-corrected chi connectivity index (χ2v) is 2.31. The van der Waals surface area contributed by atoms with E-state index in [0.717, 1.165) is 10.0 Å². The van der Waals surface area contributed by atoms with Crippen LogP contribution in [0.3, 0.4) is 0 Å². The molecule has 0 radical (unpaired) electrons. The fourth-order valence-corrected chi connectivity index (χ4v) is 0.964. The first kappa shape index (κ1) is 8.38. The first-order valence-electron chi connectivity index (χ1n) is 3.42. The average molecular weight is 170 g/mol. The Labute approximate surface area is 69.4 Å². The molecule has 1 heterocycles. The Morgan fingerprint density at radius 3 is 1.58 bits per heavy atom. The van der Waals surface area contributed by atoms with E-state index in [1.807, 2.05) is 0 Å². The Bertz CT molecular complexity index is 214. The Morgan fingerprint density at radius 2 is 1.33 bits per heavy atom. The van der Waals surface area contributed by atoms with Crippen LogP contribution < -0.4 is 11.5 Å². The van der Waals surface area contributed by atoms with Crippen LogP contribution in [0.1, 0.15) is 0 Å². The van der Waals surface area contributed by atoms with Crippen molar-refractivity contribution in [3.05, 3.63) is 12.2 Å².